The highest BCUT2D eigenvalue weighted by atomic mass is 19.1. The van der Waals surface area contributed by atoms with Crippen LogP contribution in [0.25, 0.3) is 11.5 Å². The first-order valence-electron chi connectivity index (χ1n) is 9.12. The summed E-state index contributed by atoms with van der Waals surface area (Å²) >= 11 is 0. The summed E-state index contributed by atoms with van der Waals surface area (Å²) in [5.74, 6) is 0.121. The molecule has 0 bridgehead atoms. The van der Waals surface area contributed by atoms with Crippen molar-refractivity contribution >= 4 is 11.5 Å². The number of aromatic nitrogens is 2. The Morgan fingerprint density at radius 1 is 0.966 bits per heavy atom. The Bertz CT molecular complexity index is 1140. The fraction of sp³-hybridized carbons (Fsp3) is 0.0870. The number of carbonyl (C=O) groups excluding carboxylic acids is 1. The molecule has 144 valence electrons. The van der Waals surface area contributed by atoms with Gasteiger partial charge in [0.1, 0.15) is 11.9 Å². The topological polar surface area (TPSA) is 68.0 Å². The fourth-order valence-corrected chi connectivity index (χ4v) is 3.02. The first kappa shape index (κ1) is 18.6. The van der Waals surface area contributed by atoms with E-state index >= 15 is 0 Å². The molecule has 1 atom stereocenters. The quantitative estimate of drug-likeness (QED) is 0.456. The monoisotopic (exact) mass is 387 g/mol. The van der Waals surface area contributed by atoms with Crippen molar-refractivity contribution in [2.24, 2.45) is 0 Å². The van der Waals surface area contributed by atoms with Gasteiger partial charge >= 0.3 is 0 Å². The average Bonchev–Trinajstić information content (AvgIpc) is 3.23. The van der Waals surface area contributed by atoms with E-state index < -0.39 is 11.9 Å². The molecule has 29 heavy (non-hydrogen) atoms. The molecule has 5 nitrogen and oxygen atoms in total. The van der Waals surface area contributed by atoms with Gasteiger partial charge in [-0.05, 0) is 37.3 Å². The van der Waals surface area contributed by atoms with E-state index in [-0.39, 0.29) is 11.7 Å². The number of ketones is 1. The third kappa shape index (κ3) is 4.06. The predicted octanol–water partition coefficient (Wildman–Crippen LogP) is 5.28. The summed E-state index contributed by atoms with van der Waals surface area (Å²) in [6, 6.07) is 22.1. The van der Waals surface area contributed by atoms with Crippen LogP contribution in [0.1, 0.15) is 34.8 Å². The molecule has 0 aliphatic rings. The molecule has 1 unspecified atom stereocenters. The Morgan fingerprint density at radius 3 is 2.48 bits per heavy atom. The number of hydrogen-bond donors (Lipinski definition) is 1. The van der Waals surface area contributed by atoms with E-state index in [4.69, 9.17) is 4.42 Å². The zero-order valence-corrected chi connectivity index (χ0v) is 15.7. The number of nitrogens with one attached hydrogen (secondary N) is 1. The van der Waals surface area contributed by atoms with Crippen LogP contribution < -0.4 is 5.32 Å². The van der Waals surface area contributed by atoms with Crippen molar-refractivity contribution in [1.29, 1.82) is 0 Å². The Balaban J connectivity index is 1.74. The zero-order valence-electron chi connectivity index (χ0n) is 15.7. The second-order valence-electron chi connectivity index (χ2n) is 6.55. The van der Waals surface area contributed by atoms with Gasteiger partial charge in [0.2, 0.25) is 11.8 Å². The van der Waals surface area contributed by atoms with Crippen LogP contribution in [0.3, 0.4) is 0 Å². The number of halogens is 1. The van der Waals surface area contributed by atoms with Crippen LogP contribution in [0.2, 0.25) is 0 Å². The summed E-state index contributed by atoms with van der Waals surface area (Å²) < 4.78 is 20.5. The van der Waals surface area contributed by atoms with Gasteiger partial charge in [-0.3, -0.25) is 4.79 Å². The zero-order chi connectivity index (χ0) is 20.2. The van der Waals surface area contributed by atoms with Gasteiger partial charge in [0.25, 0.3) is 0 Å². The third-order valence-corrected chi connectivity index (χ3v) is 4.50. The average molecular weight is 387 g/mol. The smallest absolute Gasteiger partial charge is 0.247 e. The van der Waals surface area contributed by atoms with Crippen molar-refractivity contribution in [1.82, 2.24) is 10.2 Å². The highest BCUT2D eigenvalue weighted by Crippen LogP contribution is 2.30. The maximum Gasteiger partial charge on any atom is 0.247 e. The first-order chi connectivity index (χ1) is 14.1. The molecule has 0 aliphatic heterocycles. The second-order valence-corrected chi connectivity index (χ2v) is 6.55. The highest BCUT2D eigenvalue weighted by Gasteiger charge is 2.24. The standard InChI is InChI=1S/C23H18FN3O2/c1-15(28)17-10-7-11-18(14-17)25-21(19-12-5-6-13-20(19)24)23-27-26-22(29-23)16-8-3-2-4-9-16/h2-14,21,25H,1H3. The van der Waals surface area contributed by atoms with Crippen LogP contribution >= 0.6 is 0 Å². The number of benzene rings is 3. The lowest BCUT2D eigenvalue weighted by molar-refractivity contribution is 0.101. The van der Waals surface area contributed by atoms with Gasteiger partial charge in [0, 0.05) is 22.4 Å². The third-order valence-electron chi connectivity index (χ3n) is 4.50. The van der Waals surface area contributed by atoms with Gasteiger partial charge in [-0.2, -0.15) is 0 Å². The highest BCUT2D eigenvalue weighted by molar-refractivity contribution is 5.94. The molecule has 1 heterocycles. The lowest BCUT2D eigenvalue weighted by atomic mass is 10.0. The number of Topliss-reactive ketones (excluding diaryl/α,β-unsaturated/α-hetero) is 1. The fourth-order valence-electron chi connectivity index (χ4n) is 3.02. The van der Waals surface area contributed by atoms with Gasteiger partial charge in [0.05, 0.1) is 0 Å². The maximum atomic E-state index is 14.6. The van der Waals surface area contributed by atoms with E-state index in [2.05, 4.69) is 15.5 Å². The summed E-state index contributed by atoms with van der Waals surface area (Å²) in [4.78, 5) is 11.7. The molecular formula is C23H18FN3O2. The van der Waals surface area contributed by atoms with Gasteiger partial charge in [-0.25, -0.2) is 4.39 Å². The number of nitrogens with zero attached hydrogens (tertiary/aromatic N) is 2. The lowest BCUT2D eigenvalue weighted by Crippen LogP contribution is -2.15. The van der Waals surface area contributed by atoms with E-state index in [1.807, 2.05) is 30.3 Å². The first-order valence-corrected chi connectivity index (χ1v) is 9.12. The van der Waals surface area contributed by atoms with Crippen LogP contribution in [-0.2, 0) is 0 Å². The molecule has 0 amide bonds. The Kier molecular flexibility index (Phi) is 5.16. The summed E-state index contributed by atoms with van der Waals surface area (Å²) in [5.41, 5.74) is 2.34. The van der Waals surface area contributed by atoms with Crippen LogP contribution in [0, 0.1) is 5.82 Å². The molecule has 0 saturated heterocycles. The van der Waals surface area contributed by atoms with Crippen LogP contribution in [0.5, 0.6) is 0 Å². The van der Waals surface area contributed by atoms with E-state index in [0.717, 1.165) is 5.56 Å². The van der Waals surface area contributed by atoms with E-state index in [9.17, 15) is 9.18 Å². The Labute approximate surface area is 167 Å². The molecule has 0 saturated carbocycles. The maximum absolute atomic E-state index is 14.6. The van der Waals surface area contributed by atoms with E-state index in [1.54, 1.807) is 42.5 Å². The normalized spacial score (nSPS) is 11.8. The van der Waals surface area contributed by atoms with Crippen molar-refractivity contribution in [3.63, 3.8) is 0 Å². The molecule has 4 aromatic rings. The lowest BCUT2D eigenvalue weighted by Gasteiger charge is -2.18. The van der Waals surface area contributed by atoms with Crippen molar-refractivity contribution in [3.8, 4) is 11.5 Å². The summed E-state index contributed by atoms with van der Waals surface area (Å²) in [6.07, 6.45) is 0. The van der Waals surface area contributed by atoms with Crippen molar-refractivity contribution in [2.45, 2.75) is 13.0 Å². The van der Waals surface area contributed by atoms with Gasteiger partial charge in [0.15, 0.2) is 5.78 Å². The van der Waals surface area contributed by atoms with Crippen molar-refractivity contribution in [3.05, 3.63) is 102 Å². The minimum Gasteiger partial charge on any atom is -0.418 e. The van der Waals surface area contributed by atoms with Gasteiger partial charge in [-0.1, -0.05) is 48.5 Å². The minimum absolute atomic E-state index is 0.0553. The molecule has 4 rings (SSSR count). The van der Waals surface area contributed by atoms with E-state index in [0.29, 0.717) is 22.7 Å². The number of rotatable bonds is 6. The number of anilines is 1. The molecule has 0 radical (unpaired) electrons. The van der Waals surface area contributed by atoms with Gasteiger partial charge in [-0.15, -0.1) is 10.2 Å². The molecule has 6 heteroatoms. The van der Waals surface area contributed by atoms with Crippen LogP contribution in [-0.4, -0.2) is 16.0 Å². The summed E-state index contributed by atoms with van der Waals surface area (Å²) in [7, 11) is 0. The number of hydrogen-bond acceptors (Lipinski definition) is 5. The predicted molar refractivity (Wildman–Crippen MR) is 108 cm³/mol. The number of carbonyl (C=O) groups is 1. The summed E-state index contributed by atoms with van der Waals surface area (Å²) in [5, 5.41) is 11.5. The minimum atomic E-state index is -0.719. The SMILES string of the molecule is CC(=O)c1cccc(NC(c2nnc(-c3ccccc3)o2)c2ccccc2F)c1. The Morgan fingerprint density at radius 2 is 1.72 bits per heavy atom. The molecule has 1 N–H and O–H groups in total. The molecule has 3 aromatic carbocycles. The summed E-state index contributed by atoms with van der Waals surface area (Å²) in [6.45, 7) is 1.50. The largest absolute Gasteiger partial charge is 0.418 e. The molecule has 0 fully saturated rings. The Hall–Kier alpha value is -3.80. The molecule has 1 aromatic heterocycles. The van der Waals surface area contributed by atoms with E-state index in [1.165, 1.54) is 13.0 Å². The van der Waals surface area contributed by atoms with Crippen molar-refractivity contribution in [2.75, 3.05) is 5.32 Å². The van der Waals surface area contributed by atoms with Gasteiger partial charge < -0.3 is 9.73 Å². The van der Waals surface area contributed by atoms with Crippen molar-refractivity contribution < 1.29 is 13.6 Å². The molecule has 0 spiro atoms. The van der Waals surface area contributed by atoms with Crippen LogP contribution in [0.4, 0.5) is 10.1 Å². The molecular weight excluding hydrogens is 369 g/mol. The van der Waals surface area contributed by atoms with Crippen LogP contribution in [0.15, 0.2) is 83.3 Å². The molecule has 0 aliphatic carbocycles. The second kappa shape index (κ2) is 8.06.